The van der Waals surface area contributed by atoms with E-state index in [0.29, 0.717) is 19.4 Å². The van der Waals surface area contributed by atoms with E-state index in [4.69, 9.17) is 5.73 Å². The molecule has 1 aliphatic heterocycles. The third kappa shape index (κ3) is 3.83. The number of imide groups is 1. The maximum absolute atomic E-state index is 12.5. The second-order valence-corrected chi connectivity index (χ2v) is 6.67. The van der Waals surface area contributed by atoms with Gasteiger partial charge in [0.15, 0.2) is 0 Å². The summed E-state index contributed by atoms with van der Waals surface area (Å²) in [6.07, 6.45) is 4.90. The largest absolute Gasteiger partial charge is 0.349 e. The van der Waals surface area contributed by atoms with Gasteiger partial charge in [0.25, 0.3) is 5.91 Å². The average Bonchev–Trinajstić information content (AvgIpc) is 3.10. The normalized spacial score (nSPS) is 19.4. The first-order valence-electron chi connectivity index (χ1n) is 8.57. The number of nitrogens with zero attached hydrogens (tertiary/aromatic N) is 1. The van der Waals surface area contributed by atoms with Crippen LogP contribution in [0.15, 0.2) is 0 Å². The average molecular weight is 361 g/mol. The van der Waals surface area contributed by atoms with Crippen molar-refractivity contribution in [3.05, 3.63) is 0 Å². The van der Waals surface area contributed by atoms with Gasteiger partial charge < -0.3 is 16.4 Å². The molecule has 0 radical (unpaired) electrons. The van der Waals surface area contributed by atoms with Crippen molar-refractivity contribution in [2.75, 3.05) is 13.1 Å². The molecule has 1 spiro atoms. The van der Waals surface area contributed by atoms with Crippen molar-refractivity contribution in [2.45, 2.75) is 69.9 Å². The fraction of sp³-hybridized carbons (Fsp3) is 0.812. The first-order chi connectivity index (χ1) is 10.9. The minimum absolute atomic E-state index is 0. The highest BCUT2D eigenvalue weighted by Crippen LogP contribution is 2.35. The number of nitrogens with one attached hydrogen (secondary N) is 2. The van der Waals surface area contributed by atoms with E-state index in [1.165, 1.54) is 4.90 Å². The van der Waals surface area contributed by atoms with E-state index >= 15 is 0 Å². The Hall–Kier alpha value is -1.34. The van der Waals surface area contributed by atoms with Gasteiger partial charge in [0.05, 0.1) is 5.54 Å². The van der Waals surface area contributed by atoms with Gasteiger partial charge in [0.2, 0.25) is 5.91 Å². The van der Waals surface area contributed by atoms with Crippen molar-refractivity contribution in [1.29, 1.82) is 0 Å². The highest BCUT2D eigenvalue weighted by Gasteiger charge is 2.52. The number of nitrogens with two attached hydrogens (primary N) is 1. The molecular formula is C16H29ClN4O3. The minimum Gasteiger partial charge on any atom is -0.349 e. The van der Waals surface area contributed by atoms with Crippen molar-refractivity contribution in [2.24, 2.45) is 5.73 Å². The van der Waals surface area contributed by atoms with E-state index in [0.717, 1.165) is 25.7 Å². The van der Waals surface area contributed by atoms with Gasteiger partial charge in [-0.25, -0.2) is 4.79 Å². The van der Waals surface area contributed by atoms with Crippen molar-refractivity contribution < 1.29 is 14.4 Å². The quantitative estimate of drug-likeness (QED) is 0.595. The predicted molar refractivity (Wildman–Crippen MR) is 93.8 cm³/mol. The molecule has 7 nitrogen and oxygen atoms in total. The molecular weight excluding hydrogens is 332 g/mol. The third-order valence-corrected chi connectivity index (χ3v) is 5.41. The van der Waals surface area contributed by atoms with Crippen molar-refractivity contribution in [3.63, 3.8) is 0 Å². The topological polar surface area (TPSA) is 105 Å². The summed E-state index contributed by atoms with van der Waals surface area (Å²) >= 11 is 0. The van der Waals surface area contributed by atoms with Crippen LogP contribution < -0.4 is 16.4 Å². The van der Waals surface area contributed by atoms with Crippen LogP contribution in [-0.2, 0) is 9.59 Å². The van der Waals surface area contributed by atoms with Gasteiger partial charge in [0.1, 0.15) is 5.54 Å². The smallest absolute Gasteiger partial charge is 0.325 e. The van der Waals surface area contributed by atoms with E-state index in [2.05, 4.69) is 10.6 Å². The molecule has 138 valence electrons. The summed E-state index contributed by atoms with van der Waals surface area (Å²) in [6, 6.07) is -0.374. The van der Waals surface area contributed by atoms with Gasteiger partial charge in [0, 0.05) is 19.5 Å². The third-order valence-electron chi connectivity index (χ3n) is 5.41. The minimum atomic E-state index is -0.707. The van der Waals surface area contributed by atoms with E-state index in [9.17, 15) is 14.4 Å². The lowest BCUT2D eigenvalue weighted by Gasteiger charge is -2.31. The summed E-state index contributed by atoms with van der Waals surface area (Å²) in [6.45, 7) is 4.46. The Labute approximate surface area is 149 Å². The highest BCUT2D eigenvalue weighted by atomic mass is 35.5. The number of amides is 4. The van der Waals surface area contributed by atoms with Crippen LogP contribution in [0.25, 0.3) is 0 Å². The summed E-state index contributed by atoms with van der Waals surface area (Å²) in [5.74, 6) is -0.351. The number of hydrogen-bond acceptors (Lipinski definition) is 4. The molecule has 1 saturated carbocycles. The van der Waals surface area contributed by atoms with Gasteiger partial charge >= 0.3 is 6.03 Å². The van der Waals surface area contributed by atoms with Gasteiger partial charge in [-0.1, -0.05) is 26.7 Å². The van der Waals surface area contributed by atoms with Crippen LogP contribution in [0.2, 0.25) is 0 Å². The lowest BCUT2D eigenvalue weighted by atomic mass is 9.93. The van der Waals surface area contributed by atoms with Gasteiger partial charge in [-0.05, 0) is 25.7 Å². The Bertz CT molecular complexity index is 479. The molecule has 4 N–H and O–H groups in total. The van der Waals surface area contributed by atoms with Crippen LogP contribution in [0.1, 0.15) is 58.8 Å². The van der Waals surface area contributed by atoms with E-state index < -0.39 is 11.1 Å². The molecule has 2 rings (SSSR count). The number of urea groups is 1. The van der Waals surface area contributed by atoms with Crippen LogP contribution in [0.5, 0.6) is 0 Å². The lowest BCUT2D eigenvalue weighted by Crippen LogP contribution is -2.53. The standard InChI is InChI=1S/C16H28N4O3.ClH/c1-3-15(4-2,11-17)18-12(21)7-10-20-13(22)16(19-14(20)23)8-5-6-9-16;/h3-11,17H2,1-2H3,(H,18,21)(H,19,23);1H. The molecule has 0 bridgehead atoms. The number of carbonyl (C=O) groups excluding carboxylic acids is 3. The first-order valence-corrected chi connectivity index (χ1v) is 8.57. The molecule has 1 saturated heterocycles. The van der Waals surface area contributed by atoms with E-state index in [1.54, 1.807) is 0 Å². The SMILES string of the molecule is CCC(CC)(CN)NC(=O)CCN1C(=O)NC2(CCCC2)C1=O.Cl. The van der Waals surface area contributed by atoms with Crippen LogP contribution >= 0.6 is 12.4 Å². The zero-order chi connectivity index (χ0) is 17.1. The van der Waals surface area contributed by atoms with E-state index in [1.807, 2.05) is 13.8 Å². The van der Waals surface area contributed by atoms with Crippen LogP contribution in [0, 0.1) is 0 Å². The van der Waals surface area contributed by atoms with Crippen LogP contribution in [-0.4, -0.2) is 46.9 Å². The summed E-state index contributed by atoms with van der Waals surface area (Å²) in [7, 11) is 0. The van der Waals surface area contributed by atoms with E-state index in [-0.39, 0.29) is 43.2 Å². The molecule has 24 heavy (non-hydrogen) atoms. The molecule has 4 amide bonds. The molecule has 0 aromatic heterocycles. The fourth-order valence-corrected chi connectivity index (χ4v) is 3.53. The Morgan fingerprint density at radius 3 is 2.38 bits per heavy atom. The number of carbonyl (C=O) groups is 3. The summed E-state index contributed by atoms with van der Waals surface area (Å²) in [4.78, 5) is 37.9. The molecule has 2 aliphatic rings. The summed E-state index contributed by atoms with van der Waals surface area (Å²) in [5.41, 5.74) is 4.67. The second kappa shape index (κ2) is 8.16. The second-order valence-electron chi connectivity index (χ2n) is 6.67. The van der Waals surface area contributed by atoms with Crippen LogP contribution in [0.4, 0.5) is 4.79 Å². The first kappa shape index (κ1) is 20.7. The molecule has 0 aromatic carbocycles. The molecule has 8 heteroatoms. The number of rotatable bonds is 7. The Morgan fingerprint density at radius 1 is 1.29 bits per heavy atom. The predicted octanol–water partition coefficient (Wildman–Crippen LogP) is 1.30. The Kier molecular flexibility index (Phi) is 7.04. The van der Waals surface area contributed by atoms with Gasteiger partial charge in [-0.3, -0.25) is 14.5 Å². The molecule has 0 atom stereocenters. The molecule has 2 fully saturated rings. The lowest BCUT2D eigenvalue weighted by molar-refractivity contribution is -0.131. The van der Waals surface area contributed by atoms with Crippen molar-refractivity contribution in [3.8, 4) is 0 Å². The van der Waals surface area contributed by atoms with Crippen LogP contribution in [0.3, 0.4) is 0 Å². The maximum Gasteiger partial charge on any atom is 0.325 e. The van der Waals surface area contributed by atoms with Crippen molar-refractivity contribution in [1.82, 2.24) is 15.5 Å². The maximum atomic E-state index is 12.5. The van der Waals surface area contributed by atoms with Crippen molar-refractivity contribution >= 4 is 30.3 Å². The monoisotopic (exact) mass is 360 g/mol. The Morgan fingerprint density at radius 2 is 1.88 bits per heavy atom. The molecule has 1 heterocycles. The molecule has 0 unspecified atom stereocenters. The summed E-state index contributed by atoms with van der Waals surface area (Å²) < 4.78 is 0. The zero-order valence-corrected chi connectivity index (χ0v) is 15.3. The Balaban J connectivity index is 0.00000288. The number of halogens is 1. The van der Waals surface area contributed by atoms with Gasteiger partial charge in [-0.15, -0.1) is 12.4 Å². The number of hydrogen-bond donors (Lipinski definition) is 3. The summed E-state index contributed by atoms with van der Waals surface area (Å²) in [5, 5.41) is 5.78. The van der Waals surface area contributed by atoms with Gasteiger partial charge in [-0.2, -0.15) is 0 Å². The fourth-order valence-electron chi connectivity index (χ4n) is 3.53. The molecule has 0 aromatic rings. The molecule has 1 aliphatic carbocycles. The zero-order valence-electron chi connectivity index (χ0n) is 14.5. The highest BCUT2D eigenvalue weighted by molar-refractivity contribution is 6.07.